The van der Waals surface area contributed by atoms with Crippen molar-refractivity contribution in [3.05, 3.63) is 41.8 Å². The molecule has 2 rings (SSSR count). The van der Waals surface area contributed by atoms with Crippen molar-refractivity contribution in [2.24, 2.45) is 0 Å². The Kier molecular flexibility index (Phi) is 9.40. The standard InChI is InChI=1S/C23H31F3N2O2/c1-4-6-8-9-10-11-15-29-20-14-13-18(16-19(20)23(24,25)26)21-27-22(30-28-21)17(3)12-7-5-2/h9-10,13-14,16-17H,4-8,11-12,15H2,1-3H3/b10-9-/t17-/m0/s1. The van der Waals surface area contributed by atoms with Crippen LogP contribution in [0.5, 0.6) is 5.75 Å². The van der Waals surface area contributed by atoms with Crippen LogP contribution in [0.15, 0.2) is 34.9 Å². The maximum Gasteiger partial charge on any atom is 0.419 e. The summed E-state index contributed by atoms with van der Waals surface area (Å²) in [5.41, 5.74) is -0.577. The first-order valence-electron chi connectivity index (χ1n) is 10.7. The number of halogens is 3. The molecule has 1 heterocycles. The highest BCUT2D eigenvalue weighted by Gasteiger charge is 2.35. The normalized spacial score (nSPS) is 13.1. The number of aromatic nitrogens is 2. The molecule has 0 spiro atoms. The first-order valence-corrected chi connectivity index (χ1v) is 10.7. The smallest absolute Gasteiger partial charge is 0.419 e. The minimum Gasteiger partial charge on any atom is -0.493 e. The van der Waals surface area contributed by atoms with E-state index in [9.17, 15) is 13.2 Å². The first-order chi connectivity index (χ1) is 14.4. The lowest BCUT2D eigenvalue weighted by atomic mass is 10.0. The van der Waals surface area contributed by atoms with Crippen LogP contribution in [0.2, 0.25) is 0 Å². The van der Waals surface area contributed by atoms with Gasteiger partial charge in [0.15, 0.2) is 0 Å². The van der Waals surface area contributed by atoms with Gasteiger partial charge in [-0.1, -0.05) is 63.8 Å². The van der Waals surface area contributed by atoms with E-state index in [0.717, 1.165) is 44.6 Å². The van der Waals surface area contributed by atoms with Crippen LogP contribution in [0.25, 0.3) is 11.4 Å². The lowest BCUT2D eigenvalue weighted by Gasteiger charge is -2.14. The molecule has 1 atom stereocenters. The number of benzene rings is 1. The van der Waals surface area contributed by atoms with E-state index in [1.165, 1.54) is 12.1 Å². The van der Waals surface area contributed by atoms with Crippen LogP contribution in [-0.4, -0.2) is 16.7 Å². The van der Waals surface area contributed by atoms with Gasteiger partial charge in [-0.25, -0.2) is 0 Å². The zero-order valence-corrected chi connectivity index (χ0v) is 18.0. The fourth-order valence-corrected chi connectivity index (χ4v) is 3.00. The minimum atomic E-state index is -4.54. The molecule has 1 aromatic carbocycles. The summed E-state index contributed by atoms with van der Waals surface area (Å²) < 4.78 is 51.4. The van der Waals surface area contributed by atoms with Crippen LogP contribution >= 0.6 is 0 Å². The average molecular weight is 425 g/mol. The third kappa shape index (κ3) is 7.18. The number of hydrogen-bond donors (Lipinski definition) is 0. The maximum atomic E-state index is 13.6. The Morgan fingerprint density at radius 3 is 2.53 bits per heavy atom. The number of unbranched alkanes of at least 4 members (excludes halogenated alkanes) is 3. The van der Waals surface area contributed by atoms with Crippen molar-refractivity contribution in [3.63, 3.8) is 0 Å². The van der Waals surface area contributed by atoms with Gasteiger partial charge in [0, 0.05) is 11.5 Å². The molecule has 0 bridgehead atoms. The highest BCUT2D eigenvalue weighted by molar-refractivity contribution is 5.59. The highest BCUT2D eigenvalue weighted by Crippen LogP contribution is 2.38. The van der Waals surface area contributed by atoms with Crippen molar-refractivity contribution in [2.75, 3.05) is 6.61 Å². The van der Waals surface area contributed by atoms with Crippen molar-refractivity contribution < 1.29 is 22.4 Å². The summed E-state index contributed by atoms with van der Waals surface area (Å²) in [6, 6.07) is 3.89. The molecule has 0 N–H and O–H groups in total. The van der Waals surface area contributed by atoms with E-state index >= 15 is 0 Å². The lowest BCUT2D eigenvalue weighted by Crippen LogP contribution is -2.09. The summed E-state index contributed by atoms with van der Waals surface area (Å²) in [6.45, 7) is 6.37. The Hall–Kier alpha value is -2.31. The first kappa shape index (κ1) is 24.0. The van der Waals surface area contributed by atoms with Crippen molar-refractivity contribution in [1.29, 1.82) is 0 Å². The Morgan fingerprint density at radius 1 is 1.10 bits per heavy atom. The molecule has 0 saturated carbocycles. The molecule has 166 valence electrons. The molecule has 4 nitrogen and oxygen atoms in total. The van der Waals surface area contributed by atoms with Crippen LogP contribution < -0.4 is 4.74 Å². The fourth-order valence-electron chi connectivity index (χ4n) is 3.00. The van der Waals surface area contributed by atoms with E-state index in [2.05, 4.69) is 24.0 Å². The van der Waals surface area contributed by atoms with Gasteiger partial charge in [-0.2, -0.15) is 18.2 Å². The van der Waals surface area contributed by atoms with E-state index in [4.69, 9.17) is 9.26 Å². The molecule has 0 fully saturated rings. The quantitative estimate of drug-likeness (QED) is 0.260. The van der Waals surface area contributed by atoms with Crippen molar-refractivity contribution in [3.8, 4) is 17.1 Å². The Bertz CT molecular complexity index is 800. The molecule has 0 aliphatic carbocycles. The predicted molar refractivity (Wildman–Crippen MR) is 111 cm³/mol. The Labute approximate surface area is 176 Å². The Morgan fingerprint density at radius 2 is 1.83 bits per heavy atom. The topological polar surface area (TPSA) is 48.2 Å². The van der Waals surface area contributed by atoms with E-state index in [-0.39, 0.29) is 29.7 Å². The largest absolute Gasteiger partial charge is 0.493 e. The summed E-state index contributed by atoms with van der Waals surface area (Å²) in [5, 5.41) is 3.88. The second kappa shape index (κ2) is 11.8. The lowest BCUT2D eigenvalue weighted by molar-refractivity contribution is -0.138. The van der Waals surface area contributed by atoms with Crippen LogP contribution in [-0.2, 0) is 6.18 Å². The van der Waals surface area contributed by atoms with Crippen molar-refractivity contribution >= 4 is 0 Å². The van der Waals surface area contributed by atoms with E-state index < -0.39 is 11.7 Å². The molecule has 0 unspecified atom stereocenters. The minimum absolute atomic E-state index is 0.0706. The number of nitrogens with zero attached hydrogens (tertiary/aromatic N) is 2. The molecule has 0 aliphatic rings. The van der Waals surface area contributed by atoms with Crippen LogP contribution in [0.4, 0.5) is 13.2 Å². The van der Waals surface area contributed by atoms with Gasteiger partial charge >= 0.3 is 6.18 Å². The van der Waals surface area contributed by atoms with Crippen LogP contribution in [0, 0.1) is 0 Å². The number of allylic oxidation sites excluding steroid dienone is 1. The number of hydrogen-bond acceptors (Lipinski definition) is 4. The third-order valence-electron chi connectivity index (χ3n) is 4.83. The molecular formula is C23H31F3N2O2. The zero-order valence-electron chi connectivity index (χ0n) is 18.0. The molecule has 2 aromatic rings. The molecule has 7 heteroatoms. The number of ether oxygens (including phenoxy) is 1. The van der Waals surface area contributed by atoms with Crippen molar-refractivity contribution in [2.45, 2.75) is 77.8 Å². The third-order valence-corrected chi connectivity index (χ3v) is 4.83. The fraction of sp³-hybridized carbons (Fsp3) is 0.565. The van der Waals surface area contributed by atoms with Gasteiger partial charge in [0.2, 0.25) is 11.7 Å². The molecular weight excluding hydrogens is 393 g/mol. The van der Waals surface area contributed by atoms with Gasteiger partial charge in [-0.3, -0.25) is 0 Å². The monoisotopic (exact) mass is 424 g/mol. The molecule has 0 amide bonds. The zero-order chi connectivity index (χ0) is 22.0. The summed E-state index contributed by atoms with van der Waals surface area (Å²) in [4.78, 5) is 4.30. The van der Waals surface area contributed by atoms with E-state index in [1.54, 1.807) is 0 Å². The highest BCUT2D eigenvalue weighted by atomic mass is 19.4. The molecule has 0 radical (unpaired) electrons. The van der Waals surface area contributed by atoms with Crippen LogP contribution in [0.3, 0.4) is 0 Å². The van der Waals surface area contributed by atoms with Crippen LogP contribution in [0.1, 0.15) is 83.1 Å². The Balaban J connectivity index is 2.11. The molecule has 0 aliphatic heterocycles. The summed E-state index contributed by atoms with van der Waals surface area (Å²) in [6.07, 6.45) is 6.17. The molecule has 0 saturated heterocycles. The number of rotatable bonds is 12. The van der Waals surface area contributed by atoms with Gasteiger partial charge in [-0.15, -0.1) is 0 Å². The predicted octanol–water partition coefficient (Wildman–Crippen LogP) is 7.56. The SMILES string of the molecule is CCCC/C=C\CCOc1ccc(-c2noc([C@@H](C)CCCC)n2)cc1C(F)(F)F. The molecule has 1 aromatic heterocycles. The van der Waals surface area contributed by atoms with Gasteiger partial charge in [0.1, 0.15) is 5.75 Å². The maximum absolute atomic E-state index is 13.6. The van der Waals surface area contributed by atoms with Gasteiger partial charge < -0.3 is 9.26 Å². The number of alkyl halides is 3. The van der Waals surface area contributed by atoms with Gasteiger partial charge in [-0.05, 0) is 37.5 Å². The van der Waals surface area contributed by atoms with Gasteiger partial charge in [0.25, 0.3) is 0 Å². The average Bonchev–Trinajstić information content (AvgIpc) is 3.21. The molecule has 30 heavy (non-hydrogen) atoms. The van der Waals surface area contributed by atoms with E-state index in [1.807, 2.05) is 19.1 Å². The summed E-state index contributed by atoms with van der Waals surface area (Å²) in [5.74, 6) is 0.487. The summed E-state index contributed by atoms with van der Waals surface area (Å²) >= 11 is 0. The van der Waals surface area contributed by atoms with Crippen molar-refractivity contribution in [1.82, 2.24) is 10.1 Å². The summed E-state index contributed by atoms with van der Waals surface area (Å²) in [7, 11) is 0. The second-order valence-corrected chi connectivity index (χ2v) is 7.46. The second-order valence-electron chi connectivity index (χ2n) is 7.46. The van der Waals surface area contributed by atoms with Gasteiger partial charge in [0.05, 0.1) is 12.2 Å². The van der Waals surface area contributed by atoms with E-state index in [0.29, 0.717) is 12.3 Å².